The maximum atomic E-state index is 6.17. The molecule has 0 amide bonds. The maximum Gasteiger partial charge on any atom is 0.133 e. The van der Waals surface area contributed by atoms with Crippen molar-refractivity contribution in [2.45, 2.75) is 34.6 Å². The molecule has 0 aliphatic carbocycles. The Bertz CT molecular complexity index is 869. The molecule has 128 valence electrons. The van der Waals surface area contributed by atoms with Gasteiger partial charge in [0.15, 0.2) is 0 Å². The molecule has 0 saturated carbocycles. The zero-order valence-corrected chi connectivity index (χ0v) is 15.5. The van der Waals surface area contributed by atoms with Crippen molar-refractivity contribution in [2.75, 3.05) is 0 Å². The monoisotopic (exact) mass is 332 g/mol. The molecule has 2 heteroatoms. The van der Waals surface area contributed by atoms with Gasteiger partial charge in [-0.3, -0.25) is 0 Å². The predicted octanol–water partition coefficient (Wildman–Crippen LogP) is 6.81. The van der Waals surface area contributed by atoms with Gasteiger partial charge in [0, 0.05) is 0 Å². The summed E-state index contributed by atoms with van der Waals surface area (Å²) in [5.74, 6) is 3.52. The molecule has 0 unspecified atom stereocenters. The van der Waals surface area contributed by atoms with Crippen LogP contribution >= 0.6 is 0 Å². The smallest absolute Gasteiger partial charge is 0.133 e. The van der Waals surface area contributed by atoms with Gasteiger partial charge in [0.2, 0.25) is 0 Å². The molecule has 0 heterocycles. The average molecular weight is 332 g/mol. The second kappa shape index (κ2) is 7.02. The molecule has 0 radical (unpaired) electrons. The van der Waals surface area contributed by atoms with Crippen molar-refractivity contribution >= 4 is 0 Å². The number of para-hydroxylation sites is 2. The lowest BCUT2D eigenvalue weighted by atomic mass is 10.1. The Labute approximate surface area is 150 Å². The third kappa shape index (κ3) is 3.69. The van der Waals surface area contributed by atoms with Gasteiger partial charge in [-0.25, -0.2) is 0 Å². The molecule has 25 heavy (non-hydrogen) atoms. The van der Waals surface area contributed by atoms with E-state index in [-0.39, 0.29) is 0 Å². The minimum atomic E-state index is 0.823. The van der Waals surface area contributed by atoms with Gasteiger partial charge in [0.25, 0.3) is 0 Å². The van der Waals surface area contributed by atoms with Gasteiger partial charge < -0.3 is 9.47 Å². The van der Waals surface area contributed by atoms with Gasteiger partial charge in [-0.1, -0.05) is 36.4 Å². The summed E-state index contributed by atoms with van der Waals surface area (Å²) in [6, 6.07) is 18.3. The van der Waals surface area contributed by atoms with Crippen LogP contribution in [0.25, 0.3) is 0 Å². The van der Waals surface area contributed by atoms with Crippen LogP contribution in [-0.2, 0) is 0 Å². The van der Waals surface area contributed by atoms with E-state index in [0.29, 0.717) is 0 Å². The van der Waals surface area contributed by atoms with Crippen molar-refractivity contribution in [2.24, 2.45) is 0 Å². The molecule has 0 saturated heterocycles. The highest BCUT2D eigenvalue weighted by Crippen LogP contribution is 2.34. The zero-order chi connectivity index (χ0) is 18.0. The van der Waals surface area contributed by atoms with E-state index in [0.717, 1.165) is 50.8 Å². The lowest BCUT2D eigenvalue weighted by Crippen LogP contribution is -1.94. The molecule has 3 aromatic carbocycles. The molecule has 0 aliphatic rings. The summed E-state index contributed by atoms with van der Waals surface area (Å²) < 4.78 is 12.3. The minimum Gasteiger partial charge on any atom is -0.457 e. The fourth-order valence-electron chi connectivity index (χ4n) is 2.95. The molecule has 2 nitrogen and oxygen atoms in total. The van der Waals surface area contributed by atoms with Crippen LogP contribution in [0.5, 0.6) is 23.0 Å². The first-order valence-electron chi connectivity index (χ1n) is 8.54. The number of ether oxygens (including phenoxy) is 2. The Morgan fingerprint density at radius 1 is 0.520 bits per heavy atom. The van der Waals surface area contributed by atoms with Gasteiger partial charge >= 0.3 is 0 Å². The van der Waals surface area contributed by atoms with Gasteiger partial charge in [0.1, 0.15) is 23.0 Å². The van der Waals surface area contributed by atoms with E-state index in [4.69, 9.17) is 9.47 Å². The lowest BCUT2D eigenvalue weighted by molar-refractivity contribution is 0.459. The van der Waals surface area contributed by atoms with Gasteiger partial charge in [0.05, 0.1) is 0 Å². The Morgan fingerprint density at radius 2 is 1.00 bits per heavy atom. The minimum absolute atomic E-state index is 0.823. The second-order valence-corrected chi connectivity index (χ2v) is 6.57. The van der Waals surface area contributed by atoms with Crippen LogP contribution in [0.4, 0.5) is 0 Å². The predicted molar refractivity (Wildman–Crippen MR) is 103 cm³/mol. The lowest BCUT2D eigenvalue weighted by Gasteiger charge is -2.15. The number of benzene rings is 3. The van der Waals surface area contributed by atoms with Crippen molar-refractivity contribution in [1.82, 2.24) is 0 Å². The SMILES string of the molecule is Cc1cc(Oc2c(C)cccc2C)ccc1Oc1c(C)cccc1C. The first kappa shape index (κ1) is 17.1. The third-order valence-corrected chi connectivity index (χ3v) is 4.40. The van der Waals surface area contributed by atoms with Crippen molar-refractivity contribution < 1.29 is 9.47 Å². The molecular weight excluding hydrogens is 308 g/mol. The summed E-state index contributed by atoms with van der Waals surface area (Å²) in [4.78, 5) is 0. The van der Waals surface area contributed by atoms with E-state index in [1.165, 1.54) is 0 Å². The van der Waals surface area contributed by atoms with E-state index in [2.05, 4.69) is 52.0 Å². The maximum absolute atomic E-state index is 6.17. The standard InChI is InChI=1S/C23H24O2/c1-15-8-6-9-16(2)22(15)24-20-12-13-21(19(5)14-20)25-23-17(3)10-7-11-18(23)4/h6-14H,1-5H3. The Kier molecular flexibility index (Phi) is 4.80. The largest absolute Gasteiger partial charge is 0.457 e. The molecule has 0 aliphatic heterocycles. The Balaban J connectivity index is 1.86. The summed E-state index contributed by atoms with van der Waals surface area (Å²) in [5.41, 5.74) is 5.58. The second-order valence-electron chi connectivity index (χ2n) is 6.57. The first-order chi connectivity index (χ1) is 12.0. The van der Waals surface area contributed by atoms with Gasteiger partial charge in [-0.15, -0.1) is 0 Å². The topological polar surface area (TPSA) is 18.5 Å². The van der Waals surface area contributed by atoms with Crippen molar-refractivity contribution in [1.29, 1.82) is 0 Å². The van der Waals surface area contributed by atoms with Crippen LogP contribution < -0.4 is 9.47 Å². The molecule has 3 rings (SSSR count). The van der Waals surface area contributed by atoms with Gasteiger partial charge in [-0.2, -0.15) is 0 Å². The van der Waals surface area contributed by atoms with Crippen molar-refractivity contribution in [3.05, 3.63) is 82.4 Å². The molecule has 3 aromatic rings. The van der Waals surface area contributed by atoms with Crippen LogP contribution in [-0.4, -0.2) is 0 Å². The van der Waals surface area contributed by atoms with Crippen molar-refractivity contribution in [3.8, 4) is 23.0 Å². The molecule has 0 bridgehead atoms. The highest BCUT2D eigenvalue weighted by molar-refractivity contribution is 5.48. The van der Waals surface area contributed by atoms with Crippen LogP contribution in [0.1, 0.15) is 27.8 Å². The van der Waals surface area contributed by atoms with E-state index >= 15 is 0 Å². The van der Waals surface area contributed by atoms with Crippen molar-refractivity contribution in [3.63, 3.8) is 0 Å². The normalized spacial score (nSPS) is 10.6. The molecule has 0 spiro atoms. The molecular formula is C23H24O2. The number of rotatable bonds is 4. The summed E-state index contributed by atoms with van der Waals surface area (Å²) >= 11 is 0. The Hall–Kier alpha value is -2.74. The van der Waals surface area contributed by atoms with Crippen LogP contribution in [0.15, 0.2) is 54.6 Å². The summed E-state index contributed by atoms with van der Waals surface area (Å²) in [6.07, 6.45) is 0. The highest BCUT2D eigenvalue weighted by Gasteiger charge is 2.10. The van der Waals surface area contributed by atoms with E-state index in [9.17, 15) is 0 Å². The first-order valence-corrected chi connectivity index (χ1v) is 8.54. The molecule has 0 fully saturated rings. The summed E-state index contributed by atoms with van der Waals surface area (Å²) in [7, 11) is 0. The fraction of sp³-hybridized carbons (Fsp3) is 0.217. The Morgan fingerprint density at radius 3 is 1.48 bits per heavy atom. The summed E-state index contributed by atoms with van der Waals surface area (Å²) in [6.45, 7) is 10.3. The fourth-order valence-corrected chi connectivity index (χ4v) is 2.95. The third-order valence-electron chi connectivity index (χ3n) is 4.40. The van der Waals surface area contributed by atoms with E-state index in [1.807, 2.05) is 37.3 Å². The molecule has 0 N–H and O–H groups in total. The van der Waals surface area contributed by atoms with Crippen LogP contribution in [0, 0.1) is 34.6 Å². The number of aryl methyl sites for hydroxylation is 5. The number of hydrogen-bond acceptors (Lipinski definition) is 2. The van der Waals surface area contributed by atoms with E-state index < -0.39 is 0 Å². The summed E-state index contributed by atoms with van der Waals surface area (Å²) in [5, 5.41) is 0. The van der Waals surface area contributed by atoms with E-state index in [1.54, 1.807) is 0 Å². The van der Waals surface area contributed by atoms with Gasteiger partial charge in [-0.05, 0) is 80.6 Å². The molecule has 0 atom stereocenters. The number of hydrogen-bond donors (Lipinski definition) is 0. The average Bonchev–Trinajstić information content (AvgIpc) is 2.56. The quantitative estimate of drug-likeness (QED) is 0.522. The zero-order valence-electron chi connectivity index (χ0n) is 15.5. The highest BCUT2D eigenvalue weighted by atomic mass is 16.5. The molecule has 0 aromatic heterocycles. The van der Waals surface area contributed by atoms with Crippen LogP contribution in [0.2, 0.25) is 0 Å². The van der Waals surface area contributed by atoms with Crippen LogP contribution in [0.3, 0.4) is 0 Å².